The monoisotopic (exact) mass is 286 g/mol. The Kier molecular flexibility index (Phi) is 3.90. The van der Waals surface area contributed by atoms with Crippen molar-refractivity contribution < 1.29 is 19.0 Å². The molecule has 4 nitrogen and oxygen atoms in total. The molecule has 0 saturated carbocycles. The topological polar surface area (TPSA) is 44.8 Å². The highest BCUT2D eigenvalue weighted by atomic mass is 16.8. The summed E-state index contributed by atoms with van der Waals surface area (Å²) in [6.45, 7) is 8.46. The van der Waals surface area contributed by atoms with Crippen LogP contribution in [0.5, 0.6) is 0 Å². The van der Waals surface area contributed by atoms with Crippen molar-refractivity contribution in [2.75, 3.05) is 0 Å². The minimum atomic E-state index is -0.527. The molecule has 0 aliphatic carbocycles. The highest BCUT2D eigenvalue weighted by Crippen LogP contribution is 2.46. The first-order valence-corrected chi connectivity index (χ1v) is 6.99. The summed E-state index contributed by atoms with van der Waals surface area (Å²) in [5.74, 6) is 0.273. The summed E-state index contributed by atoms with van der Waals surface area (Å²) in [4.78, 5) is 10.8. The van der Waals surface area contributed by atoms with Gasteiger partial charge in [0.05, 0.1) is 12.5 Å². The van der Waals surface area contributed by atoms with Crippen molar-refractivity contribution in [1.29, 1.82) is 0 Å². The lowest BCUT2D eigenvalue weighted by molar-refractivity contribution is -0.316. The SMILES string of the molecule is C=C1OC2OC(OCc3ccccc3)C1C(=C)[C@H]2CC=O. The Morgan fingerprint density at radius 3 is 2.67 bits per heavy atom. The van der Waals surface area contributed by atoms with Gasteiger partial charge in [-0.1, -0.05) is 49.1 Å². The van der Waals surface area contributed by atoms with Gasteiger partial charge in [-0.25, -0.2) is 0 Å². The Morgan fingerprint density at radius 2 is 2.00 bits per heavy atom. The van der Waals surface area contributed by atoms with Gasteiger partial charge in [0, 0.05) is 12.3 Å². The van der Waals surface area contributed by atoms with E-state index in [2.05, 4.69) is 13.2 Å². The van der Waals surface area contributed by atoms with E-state index >= 15 is 0 Å². The highest BCUT2D eigenvalue weighted by molar-refractivity contribution is 5.51. The number of benzene rings is 1. The lowest BCUT2D eigenvalue weighted by atomic mass is 9.80. The predicted octanol–water partition coefficient (Wildman–Crippen LogP) is 2.81. The van der Waals surface area contributed by atoms with Gasteiger partial charge in [0.25, 0.3) is 0 Å². The van der Waals surface area contributed by atoms with Crippen LogP contribution in [-0.4, -0.2) is 18.9 Å². The molecular formula is C17H18O4. The van der Waals surface area contributed by atoms with E-state index in [1.807, 2.05) is 30.3 Å². The van der Waals surface area contributed by atoms with Crippen LogP contribution in [0.15, 0.2) is 54.8 Å². The molecule has 4 atom stereocenters. The van der Waals surface area contributed by atoms with Gasteiger partial charge in [-0.05, 0) is 5.56 Å². The molecule has 3 aliphatic rings. The summed E-state index contributed by atoms with van der Waals surface area (Å²) in [6.07, 6.45) is 0.234. The molecular weight excluding hydrogens is 268 g/mol. The molecule has 2 bridgehead atoms. The molecule has 0 radical (unpaired) electrons. The molecule has 3 aliphatic heterocycles. The highest BCUT2D eigenvalue weighted by Gasteiger charge is 2.49. The zero-order valence-electron chi connectivity index (χ0n) is 11.7. The van der Waals surface area contributed by atoms with Gasteiger partial charge >= 0.3 is 0 Å². The van der Waals surface area contributed by atoms with Gasteiger partial charge in [-0.3, -0.25) is 0 Å². The molecule has 0 aromatic heterocycles. The van der Waals surface area contributed by atoms with Gasteiger partial charge in [-0.2, -0.15) is 0 Å². The third-order valence-electron chi connectivity index (χ3n) is 3.97. The van der Waals surface area contributed by atoms with Crippen LogP contribution >= 0.6 is 0 Å². The third-order valence-corrected chi connectivity index (χ3v) is 3.97. The zero-order chi connectivity index (χ0) is 14.8. The summed E-state index contributed by atoms with van der Waals surface area (Å²) in [5.41, 5.74) is 1.98. The second kappa shape index (κ2) is 5.84. The van der Waals surface area contributed by atoms with E-state index in [0.29, 0.717) is 18.8 Å². The van der Waals surface area contributed by atoms with Crippen LogP contribution in [0.4, 0.5) is 0 Å². The summed E-state index contributed by atoms with van der Waals surface area (Å²) >= 11 is 0. The van der Waals surface area contributed by atoms with E-state index in [9.17, 15) is 4.79 Å². The molecule has 3 heterocycles. The van der Waals surface area contributed by atoms with E-state index in [-0.39, 0.29) is 11.8 Å². The van der Waals surface area contributed by atoms with E-state index in [4.69, 9.17) is 14.2 Å². The number of hydrogen-bond donors (Lipinski definition) is 0. The van der Waals surface area contributed by atoms with Gasteiger partial charge in [-0.15, -0.1) is 0 Å². The minimum absolute atomic E-state index is 0.116. The van der Waals surface area contributed by atoms with Gasteiger partial charge in [0.15, 0.2) is 6.29 Å². The van der Waals surface area contributed by atoms with Gasteiger partial charge < -0.3 is 19.0 Å². The van der Waals surface area contributed by atoms with Crippen molar-refractivity contribution in [2.45, 2.75) is 25.6 Å². The van der Waals surface area contributed by atoms with Crippen LogP contribution in [0.2, 0.25) is 0 Å². The van der Waals surface area contributed by atoms with Crippen LogP contribution < -0.4 is 0 Å². The van der Waals surface area contributed by atoms with E-state index in [0.717, 1.165) is 17.4 Å². The van der Waals surface area contributed by atoms with E-state index < -0.39 is 12.6 Å². The summed E-state index contributed by atoms with van der Waals surface area (Å²) < 4.78 is 17.2. The molecule has 1 aromatic rings. The molecule has 1 aromatic carbocycles. The fourth-order valence-electron chi connectivity index (χ4n) is 2.83. The molecule has 0 amide bonds. The van der Waals surface area contributed by atoms with Crippen molar-refractivity contribution in [3.63, 3.8) is 0 Å². The van der Waals surface area contributed by atoms with Crippen molar-refractivity contribution in [1.82, 2.24) is 0 Å². The largest absolute Gasteiger partial charge is 0.468 e. The Bertz CT molecular complexity index is 551. The molecule has 4 heteroatoms. The van der Waals surface area contributed by atoms with E-state index in [1.165, 1.54) is 0 Å². The van der Waals surface area contributed by atoms with Crippen LogP contribution in [0.25, 0.3) is 0 Å². The maximum atomic E-state index is 10.8. The number of carbonyl (C=O) groups excluding carboxylic acids is 1. The van der Waals surface area contributed by atoms with Gasteiger partial charge in [0.2, 0.25) is 6.29 Å². The Balaban J connectivity index is 1.69. The number of rotatable bonds is 5. The number of carbonyl (C=O) groups is 1. The van der Waals surface area contributed by atoms with E-state index in [1.54, 1.807) is 0 Å². The van der Waals surface area contributed by atoms with Gasteiger partial charge in [0.1, 0.15) is 12.0 Å². The number of aldehydes is 1. The molecule has 3 saturated heterocycles. The van der Waals surface area contributed by atoms with Crippen molar-refractivity contribution >= 4 is 6.29 Å². The number of hydrogen-bond acceptors (Lipinski definition) is 4. The average Bonchev–Trinajstić information content (AvgIpc) is 2.49. The first-order valence-electron chi connectivity index (χ1n) is 6.99. The lowest BCUT2D eigenvalue weighted by Crippen LogP contribution is -2.51. The maximum absolute atomic E-state index is 10.8. The summed E-state index contributed by atoms with van der Waals surface area (Å²) in [7, 11) is 0. The van der Waals surface area contributed by atoms with Crippen molar-refractivity contribution in [2.24, 2.45) is 11.8 Å². The second-order valence-electron chi connectivity index (χ2n) is 5.32. The quantitative estimate of drug-likeness (QED) is 0.617. The molecule has 21 heavy (non-hydrogen) atoms. The molecule has 3 fully saturated rings. The first kappa shape index (κ1) is 14.0. The fourth-order valence-corrected chi connectivity index (χ4v) is 2.83. The normalized spacial score (nSPS) is 31.0. The molecule has 0 N–H and O–H groups in total. The Morgan fingerprint density at radius 1 is 1.24 bits per heavy atom. The average molecular weight is 286 g/mol. The maximum Gasteiger partial charge on any atom is 0.209 e. The van der Waals surface area contributed by atoms with Crippen molar-refractivity contribution in [3.8, 4) is 0 Å². The molecule has 4 rings (SSSR count). The van der Waals surface area contributed by atoms with Crippen molar-refractivity contribution in [3.05, 3.63) is 60.4 Å². The standard InChI is InChI=1S/C17H18O4/c1-11-14(8-9-18)16-20-12(2)15(11)17(21-16)19-10-13-6-4-3-5-7-13/h3-7,9,14-17H,1-2,8,10H2/t14-,15?,16?,17?/m1/s1. The first-order chi connectivity index (χ1) is 10.2. The smallest absolute Gasteiger partial charge is 0.209 e. The van der Waals surface area contributed by atoms with Crippen LogP contribution in [-0.2, 0) is 25.6 Å². The number of ether oxygens (including phenoxy) is 3. The Labute approximate surface area is 124 Å². The predicted molar refractivity (Wildman–Crippen MR) is 76.9 cm³/mol. The second-order valence-corrected chi connectivity index (χ2v) is 5.32. The molecule has 110 valence electrons. The fraction of sp³-hybridized carbons (Fsp3) is 0.353. The Hall–Kier alpha value is -1.91. The minimum Gasteiger partial charge on any atom is -0.468 e. The third kappa shape index (κ3) is 2.64. The zero-order valence-corrected chi connectivity index (χ0v) is 11.7. The van der Waals surface area contributed by atoms with Crippen LogP contribution in [0.1, 0.15) is 12.0 Å². The molecule has 0 spiro atoms. The van der Waals surface area contributed by atoms with Crippen LogP contribution in [0.3, 0.4) is 0 Å². The van der Waals surface area contributed by atoms with Crippen LogP contribution in [0, 0.1) is 11.8 Å². The summed E-state index contributed by atoms with van der Waals surface area (Å²) in [6, 6.07) is 9.89. The lowest BCUT2D eigenvalue weighted by Gasteiger charge is -2.48. The number of fused-ring (bicyclic) bond motifs is 3. The molecule has 3 unspecified atom stereocenters. The summed E-state index contributed by atoms with van der Waals surface area (Å²) in [5, 5.41) is 0.